The number of hydrogen-bond acceptors (Lipinski definition) is 7. The number of nitrogens with one attached hydrogen (secondary N) is 1. The van der Waals surface area contributed by atoms with Gasteiger partial charge in [-0.1, -0.05) is 0 Å². The van der Waals surface area contributed by atoms with Crippen molar-refractivity contribution in [3.8, 4) is 17.2 Å². The van der Waals surface area contributed by atoms with Crippen LogP contribution in [0.4, 0.5) is 11.5 Å². The number of benzene rings is 2. The molecule has 1 aromatic heterocycles. The smallest absolute Gasteiger partial charge is 0.339 e. The van der Waals surface area contributed by atoms with Crippen molar-refractivity contribution in [2.24, 2.45) is 0 Å². The van der Waals surface area contributed by atoms with Crippen LogP contribution in [0.5, 0.6) is 17.2 Å². The third kappa shape index (κ3) is 3.27. The number of carbonyl (C=O) groups is 1. The topological polar surface area (TPSA) is 114 Å². The van der Waals surface area contributed by atoms with Crippen LogP contribution in [-0.4, -0.2) is 40.4 Å². The quantitative estimate of drug-likeness (QED) is 0.459. The van der Waals surface area contributed by atoms with Crippen molar-refractivity contribution in [3.63, 3.8) is 0 Å². The number of fused-ring (bicyclic) bond motifs is 1. The van der Waals surface area contributed by atoms with Crippen molar-refractivity contribution >= 4 is 40.0 Å². The van der Waals surface area contributed by atoms with Crippen LogP contribution in [0.3, 0.4) is 0 Å². The molecule has 1 heterocycles. The van der Waals surface area contributed by atoms with Crippen LogP contribution in [0, 0.1) is 0 Å². The molecule has 0 saturated heterocycles. The summed E-state index contributed by atoms with van der Waals surface area (Å²) in [6.45, 7) is 0. The summed E-state index contributed by atoms with van der Waals surface area (Å²) in [4.78, 5) is 19.5. The summed E-state index contributed by atoms with van der Waals surface area (Å²) in [6, 6.07) is 7.43. The minimum Gasteiger partial charge on any atom is -0.507 e. The molecule has 2 aromatic carbocycles. The van der Waals surface area contributed by atoms with E-state index in [1.54, 1.807) is 12.1 Å². The van der Waals surface area contributed by atoms with Gasteiger partial charge in [0.1, 0.15) is 17.1 Å². The maximum absolute atomic E-state index is 11.2. The first-order chi connectivity index (χ1) is 12.4. The molecule has 0 aliphatic heterocycles. The van der Waals surface area contributed by atoms with E-state index in [-0.39, 0.29) is 16.6 Å². The summed E-state index contributed by atoms with van der Waals surface area (Å²) < 4.78 is 10.5. The molecular formula is C17H14ClN3O5. The second kappa shape index (κ2) is 6.93. The van der Waals surface area contributed by atoms with Gasteiger partial charge in [-0.3, -0.25) is 0 Å². The fraction of sp³-hybridized carbons (Fsp3) is 0.118. The predicted molar refractivity (Wildman–Crippen MR) is 96.0 cm³/mol. The molecule has 0 atom stereocenters. The normalized spacial score (nSPS) is 10.6. The van der Waals surface area contributed by atoms with Gasteiger partial charge in [0.25, 0.3) is 0 Å². The maximum Gasteiger partial charge on any atom is 0.339 e. The Morgan fingerprint density at radius 3 is 2.46 bits per heavy atom. The van der Waals surface area contributed by atoms with Crippen molar-refractivity contribution in [2.75, 3.05) is 19.5 Å². The van der Waals surface area contributed by atoms with Gasteiger partial charge in [0.2, 0.25) is 5.28 Å². The van der Waals surface area contributed by atoms with Gasteiger partial charge in [-0.15, -0.1) is 0 Å². The maximum atomic E-state index is 11.2. The van der Waals surface area contributed by atoms with Crippen LogP contribution >= 0.6 is 11.6 Å². The highest BCUT2D eigenvalue weighted by Gasteiger charge is 2.15. The fourth-order valence-electron chi connectivity index (χ4n) is 2.44. The lowest BCUT2D eigenvalue weighted by Gasteiger charge is -2.13. The zero-order valence-corrected chi connectivity index (χ0v) is 14.5. The molecular weight excluding hydrogens is 362 g/mol. The number of carboxylic acids is 1. The van der Waals surface area contributed by atoms with E-state index in [9.17, 15) is 9.90 Å². The zero-order valence-electron chi connectivity index (χ0n) is 13.8. The monoisotopic (exact) mass is 375 g/mol. The molecule has 0 aliphatic rings. The first-order valence-electron chi connectivity index (χ1n) is 7.35. The molecule has 8 nitrogen and oxygen atoms in total. The van der Waals surface area contributed by atoms with Crippen LogP contribution in [0.15, 0.2) is 30.3 Å². The minimum absolute atomic E-state index is 0.00413. The lowest BCUT2D eigenvalue weighted by Crippen LogP contribution is -2.01. The van der Waals surface area contributed by atoms with E-state index in [1.807, 2.05) is 0 Å². The molecule has 0 bridgehead atoms. The third-order valence-corrected chi connectivity index (χ3v) is 3.83. The van der Waals surface area contributed by atoms with E-state index in [1.165, 1.54) is 32.4 Å². The molecule has 134 valence electrons. The van der Waals surface area contributed by atoms with E-state index in [4.69, 9.17) is 26.2 Å². The number of phenols is 1. The molecule has 3 N–H and O–H groups in total. The zero-order chi connectivity index (χ0) is 18.8. The van der Waals surface area contributed by atoms with E-state index in [0.717, 1.165) is 0 Å². The van der Waals surface area contributed by atoms with Crippen LogP contribution in [-0.2, 0) is 0 Å². The Labute approximate surface area is 153 Å². The van der Waals surface area contributed by atoms with Crippen molar-refractivity contribution < 1.29 is 24.5 Å². The van der Waals surface area contributed by atoms with Crippen LogP contribution in [0.25, 0.3) is 10.9 Å². The van der Waals surface area contributed by atoms with Crippen molar-refractivity contribution in [2.45, 2.75) is 0 Å². The average molecular weight is 376 g/mol. The highest BCUT2D eigenvalue weighted by Crippen LogP contribution is 2.35. The Kier molecular flexibility index (Phi) is 4.68. The number of rotatable bonds is 5. The SMILES string of the molecule is COc1cc2nc(Cl)nc(Nc3ccc(O)c(C(=O)O)c3)c2cc1OC. The van der Waals surface area contributed by atoms with Gasteiger partial charge in [0.05, 0.1) is 19.7 Å². The summed E-state index contributed by atoms with van der Waals surface area (Å²) >= 11 is 6.00. The number of aromatic nitrogens is 2. The lowest BCUT2D eigenvalue weighted by molar-refractivity contribution is 0.0694. The Morgan fingerprint density at radius 1 is 1.12 bits per heavy atom. The summed E-state index contributed by atoms with van der Waals surface area (Å²) in [6.07, 6.45) is 0. The Balaban J connectivity index is 2.13. The Hall–Kier alpha value is -3.26. The van der Waals surface area contributed by atoms with Crippen molar-refractivity contribution in [1.82, 2.24) is 9.97 Å². The Morgan fingerprint density at radius 2 is 1.81 bits per heavy atom. The predicted octanol–water partition coefficient (Wildman–Crippen LogP) is 3.45. The van der Waals surface area contributed by atoms with E-state index >= 15 is 0 Å². The second-order valence-electron chi connectivity index (χ2n) is 5.23. The summed E-state index contributed by atoms with van der Waals surface area (Å²) in [5.41, 5.74) is 0.687. The summed E-state index contributed by atoms with van der Waals surface area (Å²) in [5, 5.41) is 22.4. The van der Waals surface area contributed by atoms with Gasteiger partial charge in [0, 0.05) is 17.1 Å². The van der Waals surface area contributed by atoms with Gasteiger partial charge in [0.15, 0.2) is 11.5 Å². The first kappa shape index (κ1) is 17.6. The average Bonchev–Trinajstić information content (AvgIpc) is 2.61. The number of halogens is 1. The highest BCUT2D eigenvalue weighted by molar-refractivity contribution is 6.28. The molecule has 3 aromatic rings. The first-order valence-corrected chi connectivity index (χ1v) is 7.73. The van der Waals surface area contributed by atoms with Crippen molar-refractivity contribution in [1.29, 1.82) is 0 Å². The fourth-order valence-corrected chi connectivity index (χ4v) is 2.62. The molecule has 3 rings (SSSR count). The summed E-state index contributed by atoms with van der Waals surface area (Å²) in [5.74, 6) is -0.268. The third-order valence-electron chi connectivity index (χ3n) is 3.66. The van der Waals surface area contributed by atoms with Crippen LogP contribution in [0.2, 0.25) is 5.28 Å². The highest BCUT2D eigenvalue weighted by atomic mass is 35.5. The largest absolute Gasteiger partial charge is 0.507 e. The van der Waals surface area contributed by atoms with Gasteiger partial charge in [-0.05, 0) is 35.9 Å². The number of aromatic carboxylic acids is 1. The minimum atomic E-state index is -1.25. The molecule has 0 aliphatic carbocycles. The lowest BCUT2D eigenvalue weighted by atomic mass is 10.1. The molecule has 9 heteroatoms. The van der Waals surface area contributed by atoms with Gasteiger partial charge in [-0.2, -0.15) is 4.98 Å². The molecule has 0 radical (unpaired) electrons. The van der Waals surface area contributed by atoms with Gasteiger partial charge < -0.3 is 25.0 Å². The number of anilines is 2. The number of methoxy groups -OCH3 is 2. The van der Waals surface area contributed by atoms with Gasteiger partial charge in [-0.25, -0.2) is 9.78 Å². The number of aromatic hydroxyl groups is 1. The molecule has 0 saturated carbocycles. The Bertz CT molecular complexity index is 1010. The molecule has 0 unspecified atom stereocenters. The number of carboxylic acid groups (broad SMARTS) is 1. The molecule has 0 fully saturated rings. The number of hydrogen-bond donors (Lipinski definition) is 3. The number of nitrogens with zero attached hydrogens (tertiary/aromatic N) is 2. The second-order valence-corrected chi connectivity index (χ2v) is 5.57. The van der Waals surface area contributed by atoms with E-state index in [0.29, 0.717) is 33.9 Å². The van der Waals surface area contributed by atoms with Crippen molar-refractivity contribution in [3.05, 3.63) is 41.2 Å². The van der Waals surface area contributed by atoms with Crippen LogP contribution < -0.4 is 14.8 Å². The summed E-state index contributed by atoms with van der Waals surface area (Å²) in [7, 11) is 3.02. The molecule has 26 heavy (non-hydrogen) atoms. The number of ether oxygens (including phenoxy) is 2. The van der Waals surface area contributed by atoms with E-state index in [2.05, 4.69) is 15.3 Å². The molecule has 0 spiro atoms. The molecule has 0 amide bonds. The van der Waals surface area contributed by atoms with E-state index < -0.39 is 5.97 Å². The standard InChI is InChI=1S/C17H14ClN3O5/c1-25-13-6-9-11(7-14(13)26-2)20-17(18)21-15(9)19-8-3-4-12(22)10(5-8)16(23)24/h3-7,22H,1-2H3,(H,23,24)(H,19,20,21). The van der Waals surface area contributed by atoms with Crippen LogP contribution in [0.1, 0.15) is 10.4 Å². The van der Waals surface area contributed by atoms with Gasteiger partial charge >= 0.3 is 5.97 Å².